The number of pyridine rings is 1. The average Bonchev–Trinajstić information content (AvgIpc) is 2.80. The Morgan fingerprint density at radius 1 is 1.44 bits per heavy atom. The molecular formula is C10H10N4S2. The number of hydrogen-bond donors (Lipinski definition) is 2. The Labute approximate surface area is 103 Å². The number of thiocarbonyl (C=S) groups is 1. The molecule has 0 aliphatic rings. The van der Waals surface area contributed by atoms with E-state index in [9.17, 15) is 0 Å². The normalized spacial score (nSPS) is 10.0. The fourth-order valence-electron chi connectivity index (χ4n) is 1.15. The molecule has 0 bridgehead atoms. The maximum Gasteiger partial charge on any atom is 0.126 e. The topological polar surface area (TPSA) is 63.8 Å². The number of nitrogens with two attached hydrogens (primary N) is 1. The zero-order valence-corrected chi connectivity index (χ0v) is 10.0. The highest BCUT2D eigenvalue weighted by Crippen LogP contribution is 2.09. The number of anilines is 1. The highest BCUT2D eigenvalue weighted by atomic mass is 32.1. The molecule has 0 aromatic carbocycles. The van der Waals surface area contributed by atoms with Crippen LogP contribution in [-0.2, 0) is 6.54 Å². The summed E-state index contributed by atoms with van der Waals surface area (Å²) in [5.41, 5.74) is 6.25. The highest BCUT2D eigenvalue weighted by molar-refractivity contribution is 7.80. The number of thiazole rings is 1. The van der Waals surface area contributed by atoms with Crippen molar-refractivity contribution in [2.45, 2.75) is 6.54 Å². The predicted molar refractivity (Wildman–Crippen MR) is 69.6 cm³/mol. The standard InChI is InChI=1S/C10H10N4S2/c11-10(15)7-1-2-8(13-5-7)14-6-9-12-3-4-16-9/h1-5H,6H2,(H2,11,15)(H,13,14). The van der Waals surface area contributed by atoms with Gasteiger partial charge < -0.3 is 11.1 Å². The van der Waals surface area contributed by atoms with Crippen molar-refractivity contribution in [3.63, 3.8) is 0 Å². The van der Waals surface area contributed by atoms with Crippen LogP contribution in [0.4, 0.5) is 5.82 Å². The van der Waals surface area contributed by atoms with Crippen molar-refractivity contribution >= 4 is 34.4 Å². The second-order valence-corrected chi connectivity index (χ2v) is 4.49. The van der Waals surface area contributed by atoms with E-state index >= 15 is 0 Å². The second-order valence-electron chi connectivity index (χ2n) is 3.08. The van der Waals surface area contributed by atoms with Crippen molar-refractivity contribution in [1.82, 2.24) is 9.97 Å². The lowest BCUT2D eigenvalue weighted by molar-refractivity contribution is 1.08. The number of rotatable bonds is 4. The van der Waals surface area contributed by atoms with Crippen LogP contribution in [0.3, 0.4) is 0 Å². The fraction of sp³-hybridized carbons (Fsp3) is 0.100. The molecule has 0 aliphatic heterocycles. The summed E-state index contributed by atoms with van der Waals surface area (Å²) in [5, 5.41) is 6.14. The summed E-state index contributed by atoms with van der Waals surface area (Å²) in [6.07, 6.45) is 3.44. The first-order valence-corrected chi connectivity index (χ1v) is 5.92. The van der Waals surface area contributed by atoms with Gasteiger partial charge in [0.05, 0.1) is 6.54 Å². The molecule has 0 atom stereocenters. The van der Waals surface area contributed by atoms with E-state index in [1.54, 1.807) is 23.7 Å². The van der Waals surface area contributed by atoms with E-state index in [1.165, 1.54) is 0 Å². The first-order chi connectivity index (χ1) is 7.75. The Kier molecular flexibility index (Phi) is 3.43. The van der Waals surface area contributed by atoms with E-state index in [4.69, 9.17) is 18.0 Å². The minimum atomic E-state index is 0.360. The largest absolute Gasteiger partial charge is 0.389 e. The molecule has 0 saturated carbocycles. The lowest BCUT2D eigenvalue weighted by atomic mass is 10.3. The van der Waals surface area contributed by atoms with E-state index in [0.29, 0.717) is 11.5 Å². The van der Waals surface area contributed by atoms with Crippen LogP contribution in [0.1, 0.15) is 10.6 Å². The van der Waals surface area contributed by atoms with Gasteiger partial charge in [-0.3, -0.25) is 0 Å². The van der Waals surface area contributed by atoms with Crippen molar-refractivity contribution in [2.24, 2.45) is 5.73 Å². The van der Waals surface area contributed by atoms with E-state index in [2.05, 4.69) is 15.3 Å². The first kappa shape index (κ1) is 11.0. The summed E-state index contributed by atoms with van der Waals surface area (Å²) in [5.74, 6) is 0.787. The molecule has 3 N–H and O–H groups in total. The number of nitrogens with one attached hydrogen (secondary N) is 1. The molecule has 6 heteroatoms. The summed E-state index contributed by atoms with van der Waals surface area (Å²) in [4.78, 5) is 8.72. The second kappa shape index (κ2) is 5.00. The quantitative estimate of drug-likeness (QED) is 0.810. The molecule has 0 fully saturated rings. The summed E-state index contributed by atoms with van der Waals surface area (Å²) in [7, 11) is 0. The molecule has 4 nitrogen and oxygen atoms in total. The number of nitrogens with zero attached hydrogens (tertiary/aromatic N) is 2. The third kappa shape index (κ3) is 2.74. The summed E-state index contributed by atoms with van der Waals surface area (Å²) in [6, 6.07) is 3.70. The maximum atomic E-state index is 5.48. The maximum absolute atomic E-state index is 5.48. The van der Waals surface area contributed by atoms with Crippen molar-refractivity contribution in [1.29, 1.82) is 0 Å². The summed E-state index contributed by atoms with van der Waals surface area (Å²) >= 11 is 6.45. The Hall–Kier alpha value is -1.53. The minimum Gasteiger partial charge on any atom is -0.389 e. The molecule has 82 valence electrons. The smallest absolute Gasteiger partial charge is 0.126 e. The number of aromatic nitrogens is 2. The minimum absolute atomic E-state index is 0.360. The van der Waals surface area contributed by atoms with Crippen LogP contribution in [0.15, 0.2) is 29.9 Å². The molecule has 0 spiro atoms. The van der Waals surface area contributed by atoms with Crippen molar-refractivity contribution < 1.29 is 0 Å². The average molecular weight is 250 g/mol. The monoisotopic (exact) mass is 250 g/mol. The van der Waals surface area contributed by atoms with Crippen LogP contribution >= 0.6 is 23.6 Å². The molecule has 0 saturated heterocycles. The Bertz CT molecular complexity index is 464. The van der Waals surface area contributed by atoms with Gasteiger partial charge in [0.2, 0.25) is 0 Å². The number of hydrogen-bond acceptors (Lipinski definition) is 5. The SMILES string of the molecule is NC(=S)c1ccc(NCc2nccs2)nc1. The third-order valence-corrected chi connectivity index (χ3v) is 2.97. The lowest BCUT2D eigenvalue weighted by Gasteiger charge is -2.03. The van der Waals surface area contributed by atoms with Gasteiger partial charge in [-0.05, 0) is 12.1 Å². The third-order valence-electron chi connectivity index (χ3n) is 1.95. The van der Waals surface area contributed by atoms with Gasteiger partial charge in [-0.2, -0.15) is 0 Å². The van der Waals surface area contributed by atoms with E-state index < -0.39 is 0 Å². The molecule has 0 unspecified atom stereocenters. The van der Waals surface area contributed by atoms with Crippen LogP contribution in [0.25, 0.3) is 0 Å². The first-order valence-electron chi connectivity index (χ1n) is 4.64. The van der Waals surface area contributed by atoms with E-state index in [-0.39, 0.29) is 0 Å². The van der Waals surface area contributed by atoms with Crippen LogP contribution in [0, 0.1) is 0 Å². The predicted octanol–water partition coefficient (Wildman–Crippen LogP) is 1.78. The Morgan fingerprint density at radius 3 is 2.88 bits per heavy atom. The molecule has 2 heterocycles. The summed E-state index contributed by atoms with van der Waals surface area (Å²) in [6.45, 7) is 0.678. The van der Waals surface area contributed by atoms with E-state index in [0.717, 1.165) is 16.4 Å². The van der Waals surface area contributed by atoms with Gasteiger partial charge in [-0.15, -0.1) is 11.3 Å². The van der Waals surface area contributed by atoms with Crippen LogP contribution < -0.4 is 11.1 Å². The van der Waals surface area contributed by atoms with Crippen molar-refractivity contribution in [2.75, 3.05) is 5.32 Å². The van der Waals surface area contributed by atoms with Gasteiger partial charge in [0.25, 0.3) is 0 Å². The molecule has 2 aromatic heterocycles. The van der Waals surface area contributed by atoms with Gasteiger partial charge in [-0.25, -0.2) is 9.97 Å². The van der Waals surface area contributed by atoms with Crippen LogP contribution in [-0.4, -0.2) is 15.0 Å². The molecule has 0 aliphatic carbocycles. The Balaban J connectivity index is 1.98. The van der Waals surface area contributed by atoms with Crippen LogP contribution in [0.5, 0.6) is 0 Å². The zero-order valence-electron chi connectivity index (χ0n) is 8.38. The fourth-order valence-corrected chi connectivity index (χ4v) is 1.83. The molecule has 0 radical (unpaired) electrons. The van der Waals surface area contributed by atoms with Gasteiger partial charge in [0.15, 0.2) is 0 Å². The van der Waals surface area contributed by atoms with Gasteiger partial charge in [-0.1, -0.05) is 12.2 Å². The highest BCUT2D eigenvalue weighted by Gasteiger charge is 1.99. The van der Waals surface area contributed by atoms with Crippen molar-refractivity contribution in [3.05, 3.63) is 40.5 Å². The zero-order chi connectivity index (χ0) is 11.4. The van der Waals surface area contributed by atoms with E-state index in [1.807, 2.05) is 17.5 Å². The lowest BCUT2D eigenvalue weighted by Crippen LogP contribution is -2.10. The van der Waals surface area contributed by atoms with Crippen LogP contribution in [0.2, 0.25) is 0 Å². The van der Waals surface area contributed by atoms with Gasteiger partial charge in [0.1, 0.15) is 15.8 Å². The van der Waals surface area contributed by atoms with Gasteiger partial charge >= 0.3 is 0 Å². The van der Waals surface area contributed by atoms with Crippen molar-refractivity contribution in [3.8, 4) is 0 Å². The molecule has 2 aromatic rings. The molecule has 16 heavy (non-hydrogen) atoms. The van der Waals surface area contributed by atoms with Gasteiger partial charge in [0, 0.05) is 23.3 Å². The molecular weight excluding hydrogens is 240 g/mol. The molecule has 0 amide bonds. The molecule has 2 rings (SSSR count). The summed E-state index contributed by atoms with van der Waals surface area (Å²) < 4.78 is 0. The Morgan fingerprint density at radius 2 is 2.31 bits per heavy atom.